The number of rotatable bonds is 5. The summed E-state index contributed by atoms with van der Waals surface area (Å²) in [5.41, 5.74) is 2.41. The van der Waals surface area contributed by atoms with Crippen molar-refractivity contribution in [2.24, 2.45) is 5.92 Å². The summed E-state index contributed by atoms with van der Waals surface area (Å²) in [6.45, 7) is 2.28. The first-order valence-electron chi connectivity index (χ1n) is 9.33. The van der Waals surface area contributed by atoms with Crippen LogP contribution >= 0.6 is 23.2 Å². The first-order chi connectivity index (χ1) is 14.4. The smallest absolute Gasteiger partial charge is 0.246 e. The number of amides is 2. The molecule has 1 aromatic heterocycles. The summed E-state index contributed by atoms with van der Waals surface area (Å²) < 4.78 is 5.20. The number of nitrogens with zero attached hydrogens (tertiary/aromatic N) is 3. The van der Waals surface area contributed by atoms with Gasteiger partial charge in [0.05, 0.1) is 12.5 Å². The van der Waals surface area contributed by atoms with Crippen LogP contribution < -0.4 is 10.2 Å². The molecule has 0 bridgehead atoms. The van der Waals surface area contributed by atoms with E-state index in [1.54, 1.807) is 41.3 Å². The molecule has 9 heteroatoms. The zero-order valence-electron chi connectivity index (χ0n) is 16.1. The highest BCUT2D eigenvalue weighted by Crippen LogP contribution is 2.30. The van der Waals surface area contributed by atoms with Crippen molar-refractivity contribution in [1.29, 1.82) is 0 Å². The van der Waals surface area contributed by atoms with Crippen molar-refractivity contribution < 1.29 is 14.1 Å². The SMILES string of the molecule is Cc1ccc(Cl)cc1N1CC(C(=O)NCc2nc(-c3ccc(Cl)cc3)no2)CC1=O. The lowest BCUT2D eigenvalue weighted by atomic mass is 10.1. The van der Waals surface area contributed by atoms with Gasteiger partial charge in [-0.15, -0.1) is 0 Å². The number of aryl methyl sites for hydroxylation is 1. The summed E-state index contributed by atoms with van der Waals surface area (Å²) in [6.07, 6.45) is 0.137. The first kappa shape index (κ1) is 20.4. The molecule has 1 unspecified atom stereocenters. The molecule has 2 amide bonds. The van der Waals surface area contributed by atoms with Crippen LogP contribution in [0.2, 0.25) is 10.0 Å². The normalized spacial score (nSPS) is 16.2. The van der Waals surface area contributed by atoms with Crippen LogP contribution in [0.1, 0.15) is 17.9 Å². The molecule has 2 heterocycles. The monoisotopic (exact) mass is 444 g/mol. The van der Waals surface area contributed by atoms with Gasteiger partial charge in [-0.05, 0) is 48.9 Å². The van der Waals surface area contributed by atoms with Crippen LogP contribution in [0.15, 0.2) is 47.0 Å². The Kier molecular flexibility index (Phi) is 5.74. The first-order valence-corrected chi connectivity index (χ1v) is 10.1. The fourth-order valence-corrected chi connectivity index (χ4v) is 3.63. The highest BCUT2D eigenvalue weighted by atomic mass is 35.5. The number of hydrogen-bond donors (Lipinski definition) is 1. The van der Waals surface area contributed by atoms with E-state index in [1.807, 2.05) is 13.0 Å². The third kappa shape index (κ3) is 4.32. The van der Waals surface area contributed by atoms with Crippen molar-refractivity contribution in [3.63, 3.8) is 0 Å². The van der Waals surface area contributed by atoms with Crippen LogP contribution in [0.25, 0.3) is 11.4 Å². The van der Waals surface area contributed by atoms with Gasteiger partial charge in [-0.2, -0.15) is 4.98 Å². The number of benzene rings is 2. The molecule has 4 rings (SSSR count). The van der Waals surface area contributed by atoms with E-state index in [1.165, 1.54) is 0 Å². The predicted octanol–water partition coefficient (Wildman–Crippen LogP) is 4.02. The molecule has 2 aromatic carbocycles. The Balaban J connectivity index is 1.37. The molecular formula is C21H18Cl2N4O3. The second kappa shape index (κ2) is 8.45. The Bertz CT molecular complexity index is 1100. The third-order valence-electron chi connectivity index (χ3n) is 4.94. The maximum absolute atomic E-state index is 12.6. The van der Waals surface area contributed by atoms with Crippen LogP contribution in [0.5, 0.6) is 0 Å². The van der Waals surface area contributed by atoms with Crippen LogP contribution in [0.4, 0.5) is 5.69 Å². The van der Waals surface area contributed by atoms with Gasteiger partial charge in [0.25, 0.3) is 0 Å². The van der Waals surface area contributed by atoms with E-state index in [0.29, 0.717) is 22.4 Å². The summed E-state index contributed by atoms with van der Waals surface area (Å²) >= 11 is 11.9. The average molecular weight is 445 g/mol. The average Bonchev–Trinajstić information content (AvgIpc) is 3.35. The van der Waals surface area contributed by atoms with Crippen molar-refractivity contribution in [3.05, 3.63) is 64.0 Å². The van der Waals surface area contributed by atoms with Gasteiger partial charge in [-0.25, -0.2) is 0 Å². The van der Waals surface area contributed by atoms with E-state index < -0.39 is 5.92 Å². The Labute approximate surface area is 183 Å². The van der Waals surface area contributed by atoms with E-state index in [0.717, 1.165) is 16.8 Å². The summed E-state index contributed by atoms with van der Waals surface area (Å²) in [5.74, 6) is -0.121. The Hall–Kier alpha value is -2.90. The molecule has 1 saturated heterocycles. The summed E-state index contributed by atoms with van der Waals surface area (Å²) in [4.78, 5) is 30.9. The van der Waals surface area contributed by atoms with Crippen LogP contribution in [-0.4, -0.2) is 28.5 Å². The quantitative estimate of drug-likeness (QED) is 0.641. The molecule has 0 saturated carbocycles. The lowest BCUT2D eigenvalue weighted by Crippen LogP contribution is -2.32. The fourth-order valence-electron chi connectivity index (χ4n) is 3.34. The van der Waals surface area contributed by atoms with E-state index >= 15 is 0 Å². The summed E-state index contributed by atoms with van der Waals surface area (Å²) in [5, 5.41) is 7.85. The van der Waals surface area contributed by atoms with Crippen molar-refractivity contribution in [2.75, 3.05) is 11.4 Å². The molecule has 1 atom stereocenters. The Morgan fingerprint density at radius 1 is 1.20 bits per heavy atom. The van der Waals surface area contributed by atoms with Crippen LogP contribution in [0, 0.1) is 12.8 Å². The Morgan fingerprint density at radius 2 is 1.93 bits per heavy atom. The van der Waals surface area contributed by atoms with Crippen LogP contribution in [0.3, 0.4) is 0 Å². The molecule has 7 nitrogen and oxygen atoms in total. The molecule has 30 heavy (non-hydrogen) atoms. The molecule has 0 spiro atoms. The molecule has 3 aromatic rings. The fraction of sp³-hybridized carbons (Fsp3) is 0.238. The number of halogens is 2. The standard InChI is InChI=1S/C21H18Cl2N4O3/c1-12-2-5-16(23)9-17(12)27-11-14(8-19(27)28)21(29)24-10-18-25-20(26-30-18)13-3-6-15(22)7-4-13/h2-7,9,14H,8,10-11H2,1H3,(H,24,29). The molecule has 1 aliphatic heterocycles. The molecule has 0 radical (unpaired) electrons. The van der Waals surface area contributed by atoms with Gasteiger partial charge in [0.1, 0.15) is 0 Å². The molecule has 154 valence electrons. The molecular weight excluding hydrogens is 427 g/mol. The van der Waals surface area contributed by atoms with Gasteiger partial charge < -0.3 is 14.7 Å². The lowest BCUT2D eigenvalue weighted by molar-refractivity contribution is -0.126. The Morgan fingerprint density at radius 3 is 2.70 bits per heavy atom. The van der Waals surface area contributed by atoms with Crippen LogP contribution in [-0.2, 0) is 16.1 Å². The number of anilines is 1. The number of carbonyl (C=O) groups is 2. The summed E-state index contributed by atoms with van der Waals surface area (Å²) in [6, 6.07) is 12.4. The number of hydrogen-bond acceptors (Lipinski definition) is 5. The molecule has 1 fully saturated rings. The minimum Gasteiger partial charge on any atom is -0.347 e. The summed E-state index contributed by atoms with van der Waals surface area (Å²) in [7, 11) is 0. The molecule has 1 aliphatic rings. The number of nitrogens with one attached hydrogen (secondary N) is 1. The zero-order chi connectivity index (χ0) is 21.3. The van der Waals surface area contributed by atoms with Gasteiger partial charge in [-0.3, -0.25) is 9.59 Å². The second-order valence-corrected chi connectivity index (χ2v) is 7.95. The second-order valence-electron chi connectivity index (χ2n) is 7.07. The van der Waals surface area contributed by atoms with Gasteiger partial charge in [0.15, 0.2) is 0 Å². The lowest BCUT2D eigenvalue weighted by Gasteiger charge is -2.19. The minimum atomic E-state index is -0.463. The number of carbonyl (C=O) groups excluding carboxylic acids is 2. The molecule has 0 aliphatic carbocycles. The van der Waals surface area contributed by atoms with E-state index in [-0.39, 0.29) is 30.7 Å². The van der Waals surface area contributed by atoms with E-state index in [2.05, 4.69) is 15.5 Å². The highest BCUT2D eigenvalue weighted by molar-refractivity contribution is 6.31. The van der Waals surface area contributed by atoms with Gasteiger partial charge in [0, 0.05) is 34.3 Å². The van der Waals surface area contributed by atoms with Crippen molar-refractivity contribution >= 4 is 40.7 Å². The van der Waals surface area contributed by atoms with E-state index in [4.69, 9.17) is 27.7 Å². The highest BCUT2D eigenvalue weighted by Gasteiger charge is 2.35. The third-order valence-corrected chi connectivity index (χ3v) is 5.43. The van der Waals surface area contributed by atoms with E-state index in [9.17, 15) is 9.59 Å². The topological polar surface area (TPSA) is 88.3 Å². The largest absolute Gasteiger partial charge is 0.347 e. The van der Waals surface area contributed by atoms with Gasteiger partial charge >= 0.3 is 0 Å². The number of aromatic nitrogens is 2. The molecule has 1 N–H and O–H groups in total. The maximum Gasteiger partial charge on any atom is 0.246 e. The predicted molar refractivity (Wildman–Crippen MR) is 113 cm³/mol. The van der Waals surface area contributed by atoms with Crippen molar-refractivity contribution in [1.82, 2.24) is 15.5 Å². The van der Waals surface area contributed by atoms with Gasteiger partial charge in [-0.1, -0.05) is 34.4 Å². The maximum atomic E-state index is 12.6. The zero-order valence-corrected chi connectivity index (χ0v) is 17.6. The van der Waals surface area contributed by atoms with Crippen molar-refractivity contribution in [3.8, 4) is 11.4 Å². The van der Waals surface area contributed by atoms with Gasteiger partial charge in [0.2, 0.25) is 23.5 Å². The minimum absolute atomic E-state index is 0.0836. The van der Waals surface area contributed by atoms with Crippen molar-refractivity contribution in [2.45, 2.75) is 19.9 Å².